The standard InChI is InChI=1S/C19H18N2O2/c1-20-6-8-21(9-7-20)17-12-18(22)15-10-13-4-2-3-5-14(13)11-16(15)19(17)23/h2-5,10-12H,6-9H2,1H3. The molecule has 2 aliphatic rings. The number of likely N-dealkylation sites (N-methyl/N-ethyl adjacent to an activating group) is 1. The normalized spacial score (nSPS) is 19.0. The SMILES string of the molecule is CN1CCN(C2=CC(=O)c3cc4ccccc4cc3C2=O)CC1. The summed E-state index contributed by atoms with van der Waals surface area (Å²) in [6.07, 6.45) is 1.52. The van der Waals surface area contributed by atoms with E-state index in [1.807, 2.05) is 41.3 Å². The van der Waals surface area contributed by atoms with Crippen molar-refractivity contribution in [3.63, 3.8) is 0 Å². The molecule has 0 unspecified atom stereocenters. The number of carbonyl (C=O) groups excluding carboxylic acids is 2. The van der Waals surface area contributed by atoms with Crippen LogP contribution in [0.15, 0.2) is 48.2 Å². The minimum Gasteiger partial charge on any atom is -0.366 e. The Morgan fingerprint density at radius 1 is 0.870 bits per heavy atom. The van der Waals surface area contributed by atoms with Gasteiger partial charge >= 0.3 is 0 Å². The highest BCUT2D eigenvalue weighted by atomic mass is 16.1. The van der Waals surface area contributed by atoms with E-state index in [1.54, 1.807) is 0 Å². The first-order valence-electron chi connectivity index (χ1n) is 7.90. The van der Waals surface area contributed by atoms with Crippen LogP contribution in [-0.2, 0) is 0 Å². The Hall–Kier alpha value is -2.46. The fourth-order valence-electron chi connectivity index (χ4n) is 3.32. The molecule has 4 nitrogen and oxygen atoms in total. The number of Topliss-reactive ketones (excluding diaryl/α,β-unsaturated/α-hetero) is 1. The van der Waals surface area contributed by atoms with E-state index in [9.17, 15) is 9.59 Å². The van der Waals surface area contributed by atoms with Gasteiger partial charge < -0.3 is 9.80 Å². The number of ketones is 2. The summed E-state index contributed by atoms with van der Waals surface area (Å²) in [6, 6.07) is 11.5. The predicted octanol–water partition coefficient (Wildman–Crippen LogP) is 2.35. The summed E-state index contributed by atoms with van der Waals surface area (Å²) in [5.74, 6) is -0.103. The van der Waals surface area contributed by atoms with Gasteiger partial charge in [-0.1, -0.05) is 24.3 Å². The maximum absolute atomic E-state index is 12.9. The zero-order valence-electron chi connectivity index (χ0n) is 13.1. The Morgan fingerprint density at radius 2 is 1.48 bits per heavy atom. The highest BCUT2D eigenvalue weighted by molar-refractivity contribution is 6.25. The molecule has 0 amide bonds. The van der Waals surface area contributed by atoms with Crippen LogP contribution >= 0.6 is 0 Å². The number of benzene rings is 2. The summed E-state index contributed by atoms with van der Waals surface area (Å²) < 4.78 is 0. The maximum Gasteiger partial charge on any atom is 0.209 e. The fraction of sp³-hybridized carbons (Fsp3) is 0.263. The van der Waals surface area contributed by atoms with Crippen molar-refractivity contribution in [1.29, 1.82) is 0 Å². The third-order valence-corrected chi connectivity index (χ3v) is 4.74. The van der Waals surface area contributed by atoms with Crippen LogP contribution in [0.25, 0.3) is 10.8 Å². The van der Waals surface area contributed by atoms with Crippen molar-refractivity contribution in [2.45, 2.75) is 0 Å². The molecule has 0 spiro atoms. The van der Waals surface area contributed by atoms with E-state index in [0.717, 1.165) is 37.0 Å². The summed E-state index contributed by atoms with van der Waals surface area (Å²) in [5, 5.41) is 1.98. The Labute approximate surface area is 135 Å². The number of nitrogens with zero attached hydrogens (tertiary/aromatic N) is 2. The lowest BCUT2D eigenvalue weighted by Gasteiger charge is -2.35. The molecule has 0 radical (unpaired) electrons. The lowest BCUT2D eigenvalue weighted by Crippen LogP contribution is -2.46. The summed E-state index contributed by atoms with van der Waals surface area (Å²) in [7, 11) is 2.07. The van der Waals surface area contributed by atoms with E-state index < -0.39 is 0 Å². The molecule has 4 rings (SSSR count). The van der Waals surface area contributed by atoms with Crippen LogP contribution < -0.4 is 0 Å². The Morgan fingerprint density at radius 3 is 2.13 bits per heavy atom. The largest absolute Gasteiger partial charge is 0.366 e. The Kier molecular flexibility index (Phi) is 3.27. The molecule has 1 aliphatic carbocycles. The average Bonchev–Trinajstić information content (AvgIpc) is 2.58. The molecule has 0 atom stereocenters. The van der Waals surface area contributed by atoms with Gasteiger partial charge in [-0.3, -0.25) is 9.59 Å². The highest BCUT2D eigenvalue weighted by Gasteiger charge is 2.30. The second-order valence-corrected chi connectivity index (χ2v) is 6.26. The van der Waals surface area contributed by atoms with Crippen molar-refractivity contribution >= 4 is 22.3 Å². The van der Waals surface area contributed by atoms with E-state index in [1.165, 1.54) is 6.08 Å². The van der Waals surface area contributed by atoms with Gasteiger partial charge in [0.15, 0.2) is 5.78 Å². The minimum absolute atomic E-state index is 0.0325. The maximum atomic E-state index is 12.9. The van der Waals surface area contributed by atoms with Crippen molar-refractivity contribution in [3.05, 3.63) is 59.3 Å². The van der Waals surface area contributed by atoms with Gasteiger partial charge in [0.25, 0.3) is 0 Å². The molecular formula is C19H18N2O2. The number of fused-ring (bicyclic) bond motifs is 2. The van der Waals surface area contributed by atoms with Crippen molar-refractivity contribution in [2.75, 3.05) is 33.2 Å². The van der Waals surface area contributed by atoms with Crippen molar-refractivity contribution < 1.29 is 9.59 Å². The molecule has 1 fully saturated rings. The minimum atomic E-state index is -0.0701. The number of rotatable bonds is 1. The predicted molar refractivity (Wildman–Crippen MR) is 89.8 cm³/mol. The van der Waals surface area contributed by atoms with Gasteiger partial charge in [0, 0.05) is 43.4 Å². The second-order valence-electron chi connectivity index (χ2n) is 6.26. The molecule has 0 N–H and O–H groups in total. The molecule has 23 heavy (non-hydrogen) atoms. The zero-order chi connectivity index (χ0) is 16.0. The van der Waals surface area contributed by atoms with Gasteiger partial charge in [0.05, 0.1) is 5.70 Å². The number of piperazine rings is 1. The van der Waals surface area contributed by atoms with E-state index in [-0.39, 0.29) is 11.6 Å². The Balaban J connectivity index is 1.76. The quantitative estimate of drug-likeness (QED) is 0.811. The molecule has 1 saturated heterocycles. The molecule has 1 heterocycles. The number of hydrogen-bond donors (Lipinski definition) is 0. The first-order valence-corrected chi connectivity index (χ1v) is 7.90. The van der Waals surface area contributed by atoms with Crippen molar-refractivity contribution in [2.24, 2.45) is 0 Å². The number of carbonyl (C=O) groups is 2. The summed E-state index contributed by atoms with van der Waals surface area (Å²) in [5.41, 5.74) is 1.60. The molecule has 0 saturated carbocycles. The van der Waals surface area contributed by atoms with Crippen molar-refractivity contribution in [1.82, 2.24) is 9.80 Å². The van der Waals surface area contributed by atoms with E-state index in [4.69, 9.17) is 0 Å². The van der Waals surface area contributed by atoms with Crippen LogP contribution in [0.2, 0.25) is 0 Å². The highest BCUT2D eigenvalue weighted by Crippen LogP contribution is 2.28. The fourth-order valence-corrected chi connectivity index (χ4v) is 3.32. The van der Waals surface area contributed by atoms with Gasteiger partial charge in [0.1, 0.15) is 0 Å². The van der Waals surface area contributed by atoms with Gasteiger partial charge in [-0.2, -0.15) is 0 Å². The lowest BCUT2D eigenvalue weighted by atomic mass is 9.89. The molecule has 2 aromatic carbocycles. The van der Waals surface area contributed by atoms with E-state index >= 15 is 0 Å². The van der Waals surface area contributed by atoms with Gasteiger partial charge in [-0.05, 0) is 30.0 Å². The van der Waals surface area contributed by atoms with Crippen LogP contribution in [0.4, 0.5) is 0 Å². The summed E-state index contributed by atoms with van der Waals surface area (Å²) >= 11 is 0. The van der Waals surface area contributed by atoms with E-state index in [2.05, 4.69) is 11.9 Å². The topological polar surface area (TPSA) is 40.6 Å². The lowest BCUT2D eigenvalue weighted by molar-refractivity contribution is 0.0926. The van der Waals surface area contributed by atoms with Crippen LogP contribution in [-0.4, -0.2) is 54.6 Å². The van der Waals surface area contributed by atoms with E-state index in [0.29, 0.717) is 16.8 Å². The first-order chi connectivity index (χ1) is 11.1. The molecule has 1 aliphatic heterocycles. The summed E-state index contributed by atoms with van der Waals surface area (Å²) in [6.45, 7) is 3.38. The first kappa shape index (κ1) is 14.2. The molecule has 2 aromatic rings. The molecule has 0 aromatic heterocycles. The van der Waals surface area contributed by atoms with Crippen LogP contribution in [0.3, 0.4) is 0 Å². The molecular weight excluding hydrogens is 288 g/mol. The van der Waals surface area contributed by atoms with Gasteiger partial charge in [-0.15, -0.1) is 0 Å². The average molecular weight is 306 g/mol. The molecule has 116 valence electrons. The monoisotopic (exact) mass is 306 g/mol. The third kappa shape index (κ3) is 2.35. The van der Waals surface area contributed by atoms with Crippen LogP contribution in [0.5, 0.6) is 0 Å². The molecule has 4 heteroatoms. The number of allylic oxidation sites excluding steroid dienone is 2. The summed E-state index contributed by atoms with van der Waals surface area (Å²) in [4.78, 5) is 29.7. The smallest absolute Gasteiger partial charge is 0.209 e. The van der Waals surface area contributed by atoms with Crippen LogP contribution in [0.1, 0.15) is 20.7 Å². The second kappa shape index (κ2) is 5.32. The van der Waals surface area contributed by atoms with Gasteiger partial charge in [0.2, 0.25) is 5.78 Å². The zero-order valence-corrected chi connectivity index (χ0v) is 13.1. The van der Waals surface area contributed by atoms with Gasteiger partial charge in [-0.25, -0.2) is 0 Å². The Bertz CT molecular complexity index is 846. The van der Waals surface area contributed by atoms with Crippen molar-refractivity contribution in [3.8, 4) is 0 Å². The van der Waals surface area contributed by atoms with Crippen LogP contribution in [0, 0.1) is 0 Å². The molecule has 0 bridgehead atoms. The number of hydrogen-bond acceptors (Lipinski definition) is 4. The third-order valence-electron chi connectivity index (χ3n) is 4.74.